The Morgan fingerprint density at radius 3 is 2.15 bits per heavy atom. The van der Waals surface area contributed by atoms with Crippen LogP contribution in [-0.4, -0.2) is 103 Å². The van der Waals surface area contributed by atoms with E-state index in [0.29, 0.717) is 12.8 Å². The number of piperidine rings is 1. The molecule has 2 atom stereocenters. The minimum atomic E-state index is -1.43. The van der Waals surface area contributed by atoms with Gasteiger partial charge in [0.05, 0.1) is 18.8 Å². The van der Waals surface area contributed by atoms with Crippen molar-refractivity contribution in [3.8, 4) is 5.75 Å². The number of carboxylic acid groups (broad SMARTS) is 1. The number of alkyl carbamates (subject to hydrolysis) is 2. The number of nitrogens with one attached hydrogen (secondary N) is 3. The summed E-state index contributed by atoms with van der Waals surface area (Å²) < 4.78 is 43.3. The summed E-state index contributed by atoms with van der Waals surface area (Å²) in [6.45, 7) is 1.35. The van der Waals surface area contributed by atoms with Gasteiger partial charge in [-0.3, -0.25) is 9.69 Å². The first-order chi connectivity index (χ1) is 28.4. The lowest BCUT2D eigenvalue weighted by molar-refractivity contribution is -0.171. The van der Waals surface area contributed by atoms with E-state index in [1.807, 2.05) is 36.4 Å². The number of carbonyl (C=O) groups is 6. The number of esters is 1. The fourth-order valence-electron chi connectivity index (χ4n) is 6.34. The molecule has 5 amide bonds. The highest BCUT2D eigenvalue weighted by Gasteiger charge is 2.42. The van der Waals surface area contributed by atoms with Gasteiger partial charge in [0.1, 0.15) is 37.6 Å². The second-order valence-electron chi connectivity index (χ2n) is 14.1. The van der Waals surface area contributed by atoms with Gasteiger partial charge in [0.15, 0.2) is 11.6 Å². The normalized spacial score (nSPS) is 16.2. The molecule has 3 aromatic rings. The Labute approximate surface area is 340 Å². The lowest BCUT2D eigenvalue weighted by atomic mass is 9.91. The molecular formula is C41H48FN5O12. The molecule has 2 saturated heterocycles. The standard InChI is InChI=1S/C41H48FN5O12/c1-28(48)44-23-32-24-47(40(54)58-32)31-15-16-35(33(42)22-31)57-27-41(17-20-46(21-18-41)39(52)53)59-36(49)34(45-38(51)56-26-30-12-6-3-7-13-30)14-8-9-19-43-37(50)55-25-29-10-4-2-5-11-29/h2-7,10-13,15-16,22,32,34H,8-9,14,17-21,23-27H2,1H3,(H,43,50)(H,44,48)(H,45,51)(H,52,53)/t32-,34?/m0/s1. The summed E-state index contributed by atoms with van der Waals surface area (Å²) in [5.41, 5.74) is 0.310. The maximum atomic E-state index is 15.5. The number of unbranched alkanes of at least 4 members (excludes halogenated alkanes) is 1. The highest BCUT2D eigenvalue weighted by atomic mass is 19.1. The maximum absolute atomic E-state index is 15.5. The molecule has 4 N–H and O–H groups in total. The van der Waals surface area contributed by atoms with Gasteiger partial charge in [-0.2, -0.15) is 0 Å². The number of amides is 5. The summed E-state index contributed by atoms with van der Waals surface area (Å²) in [5.74, 6) is -2.19. The van der Waals surface area contributed by atoms with Gasteiger partial charge in [-0.05, 0) is 42.5 Å². The van der Waals surface area contributed by atoms with Crippen LogP contribution in [0.25, 0.3) is 0 Å². The number of hydrogen-bond donors (Lipinski definition) is 4. The molecular weight excluding hydrogens is 773 g/mol. The Bertz CT molecular complexity index is 1910. The van der Waals surface area contributed by atoms with Crippen molar-refractivity contribution < 1.29 is 61.9 Å². The van der Waals surface area contributed by atoms with Crippen molar-refractivity contribution in [1.82, 2.24) is 20.9 Å². The lowest BCUT2D eigenvalue weighted by Crippen LogP contribution is -2.54. The summed E-state index contributed by atoms with van der Waals surface area (Å²) in [4.78, 5) is 77.0. The van der Waals surface area contributed by atoms with Crippen molar-refractivity contribution >= 4 is 41.9 Å². The van der Waals surface area contributed by atoms with Gasteiger partial charge < -0.3 is 49.6 Å². The average Bonchev–Trinajstić information content (AvgIpc) is 3.61. The van der Waals surface area contributed by atoms with Crippen LogP contribution in [0.3, 0.4) is 0 Å². The SMILES string of the molecule is CC(=O)NC[C@H]1CN(c2ccc(OCC3(OC(=O)C(CCCCNC(=O)OCc4ccccc4)NC(=O)OCc4ccccc4)CCN(C(=O)O)CC3)c(F)c2)C(=O)O1. The zero-order chi connectivity index (χ0) is 42.2. The highest BCUT2D eigenvalue weighted by molar-refractivity contribution is 5.90. The Morgan fingerprint density at radius 2 is 1.54 bits per heavy atom. The van der Waals surface area contributed by atoms with Crippen molar-refractivity contribution in [1.29, 1.82) is 0 Å². The molecule has 0 spiro atoms. The molecule has 0 aliphatic carbocycles. The first kappa shape index (κ1) is 43.5. The second kappa shape index (κ2) is 21.2. The third-order valence-corrected chi connectivity index (χ3v) is 9.62. The summed E-state index contributed by atoms with van der Waals surface area (Å²) in [6, 6.07) is 20.7. The van der Waals surface area contributed by atoms with E-state index in [4.69, 9.17) is 23.7 Å². The minimum Gasteiger partial charge on any atom is -0.486 e. The molecule has 18 heteroatoms. The van der Waals surface area contributed by atoms with Crippen molar-refractivity contribution in [2.45, 2.75) is 70.0 Å². The highest BCUT2D eigenvalue weighted by Crippen LogP contribution is 2.32. The summed E-state index contributed by atoms with van der Waals surface area (Å²) in [7, 11) is 0. The number of ether oxygens (including phenoxy) is 5. The van der Waals surface area contributed by atoms with Gasteiger partial charge >= 0.3 is 30.3 Å². The number of anilines is 1. The molecule has 2 aliphatic rings. The Kier molecular flexibility index (Phi) is 15.7. The van der Waals surface area contributed by atoms with E-state index in [-0.39, 0.29) is 89.2 Å². The van der Waals surface area contributed by atoms with Gasteiger partial charge in [-0.1, -0.05) is 60.7 Å². The van der Waals surface area contributed by atoms with E-state index in [0.717, 1.165) is 22.1 Å². The van der Waals surface area contributed by atoms with E-state index in [2.05, 4.69) is 16.0 Å². The molecule has 59 heavy (non-hydrogen) atoms. The number of hydrogen-bond acceptors (Lipinski definition) is 11. The second-order valence-corrected chi connectivity index (χ2v) is 14.1. The van der Waals surface area contributed by atoms with E-state index in [9.17, 15) is 33.9 Å². The fraction of sp³-hybridized carbons (Fsp3) is 0.415. The number of rotatable bonds is 18. The maximum Gasteiger partial charge on any atom is 0.414 e. The van der Waals surface area contributed by atoms with Gasteiger partial charge in [0, 0.05) is 45.5 Å². The molecule has 0 saturated carbocycles. The van der Waals surface area contributed by atoms with Crippen molar-refractivity contribution in [2.75, 3.05) is 44.2 Å². The van der Waals surface area contributed by atoms with Gasteiger partial charge in [-0.25, -0.2) is 28.4 Å². The van der Waals surface area contributed by atoms with Crippen LogP contribution >= 0.6 is 0 Å². The van der Waals surface area contributed by atoms with Crippen molar-refractivity contribution in [2.24, 2.45) is 0 Å². The molecule has 0 radical (unpaired) electrons. The Hall–Kier alpha value is -6.59. The van der Waals surface area contributed by atoms with E-state index >= 15 is 4.39 Å². The number of halogens is 1. The van der Waals surface area contributed by atoms with Crippen LogP contribution in [-0.2, 0) is 41.8 Å². The zero-order valence-electron chi connectivity index (χ0n) is 32.6. The average molecular weight is 822 g/mol. The molecule has 2 aliphatic heterocycles. The first-order valence-corrected chi connectivity index (χ1v) is 19.2. The molecule has 17 nitrogen and oxygen atoms in total. The zero-order valence-corrected chi connectivity index (χ0v) is 32.6. The predicted molar refractivity (Wildman–Crippen MR) is 208 cm³/mol. The van der Waals surface area contributed by atoms with Gasteiger partial charge in [0.25, 0.3) is 0 Å². The number of nitrogens with zero attached hydrogens (tertiary/aromatic N) is 2. The van der Waals surface area contributed by atoms with Crippen LogP contribution in [0.1, 0.15) is 50.2 Å². The van der Waals surface area contributed by atoms with Crippen LogP contribution in [0.2, 0.25) is 0 Å². The number of benzene rings is 3. The number of likely N-dealkylation sites (tertiary alicyclic amines) is 1. The van der Waals surface area contributed by atoms with Crippen molar-refractivity contribution in [3.05, 3.63) is 95.8 Å². The third kappa shape index (κ3) is 13.5. The quantitative estimate of drug-likeness (QED) is 0.0749. The largest absolute Gasteiger partial charge is 0.486 e. The topological polar surface area (TPSA) is 211 Å². The first-order valence-electron chi connectivity index (χ1n) is 19.2. The van der Waals surface area contributed by atoms with Crippen LogP contribution in [0.15, 0.2) is 78.9 Å². The van der Waals surface area contributed by atoms with E-state index in [1.54, 1.807) is 24.3 Å². The Balaban J connectivity index is 1.22. The monoisotopic (exact) mass is 821 g/mol. The van der Waals surface area contributed by atoms with Crippen LogP contribution in [0, 0.1) is 5.82 Å². The molecule has 316 valence electrons. The molecule has 3 aromatic carbocycles. The minimum absolute atomic E-state index is 0.000233. The smallest absolute Gasteiger partial charge is 0.414 e. The number of carbonyl (C=O) groups excluding carboxylic acids is 5. The summed E-state index contributed by atoms with van der Waals surface area (Å²) in [6.07, 6.45) is -3.16. The lowest BCUT2D eigenvalue weighted by Gasteiger charge is -2.40. The molecule has 2 fully saturated rings. The predicted octanol–water partition coefficient (Wildman–Crippen LogP) is 5.11. The summed E-state index contributed by atoms with van der Waals surface area (Å²) >= 11 is 0. The number of cyclic esters (lactones) is 1. The van der Waals surface area contributed by atoms with Gasteiger partial charge in [0.2, 0.25) is 5.91 Å². The third-order valence-electron chi connectivity index (χ3n) is 9.62. The Morgan fingerprint density at radius 1 is 0.898 bits per heavy atom. The van der Waals surface area contributed by atoms with E-state index in [1.165, 1.54) is 24.0 Å². The molecule has 1 unspecified atom stereocenters. The van der Waals surface area contributed by atoms with Crippen LogP contribution in [0.5, 0.6) is 5.75 Å². The van der Waals surface area contributed by atoms with Crippen LogP contribution < -0.4 is 25.6 Å². The fourth-order valence-corrected chi connectivity index (χ4v) is 6.34. The van der Waals surface area contributed by atoms with E-state index < -0.39 is 53.9 Å². The molecule has 0 bridgehead atoms. The molecule has 2 heterocycles. The van der Waals surface area contributed by atoms with Crippen molar-refractivity contribution in [3.63, 3.8) is 0 Å². The molecule has 5 rings (SSSR count). The molecule has 0 aromatic heterocycles. The summed E-state index contributed by atoms with van der Waals surface area (Å²) in [5, 5.41) is 17.4. The van der Waals surface area contributed by atoms with Crippen LogP contribution in [0.4, 0.5) is 29.3 Å². The van der Waals surface area contributed by atoms with Gasteiger partial charge in [-0.15, -0.1) is 0 Å².